The molecule has 2 atom stereocenters. The highest BCUT2D eigenvalue weighted by Gasteiger charge is 2.29. The van der Waals surface area contributed by atoms with E-state index in [0.29, 0.717) is 17.3 Å². The molecule has 8 heteroatoms. The number of carbonyl (C=O) groups is 1. The number of hydrogen-bond donors (Lipinski definition) is 2. The highest BCUT2D eigenvalue weighted by Crippen LogP contribution is 2.24. The van der Waals surface area contributed by atoms with Crippen LogP contribution in [0.2, 0.25) is 0 Å². The van der Waals surface area contributed by atoms with Gasteiger partial charge in [0.15, 0.2) is 5.82 Å². The Hall–Kier alpha value is -1.96. The molecule has 148 valence electrons. The minimum Gasteiger partial charge on any atom is -0.340 e. The number of aromatic nitrogens is 2. The van der Waals surface area contributed by atoms with E-state index in [1.807, 2.05) is 45.0 Å². The first-order chi connectivity index (χ1) is 12.5. The SMILES string of the molecule is Cc1ccc(C(=O)NC(c2nc(C3CNCCN3C)no2)C(C)C)cc1.Cl. The van der Waals surface area contributed by atoms with Crippen LogP contribution in [-0.4, -0.2) is 47.6 Å². The fourth-order valence-corrected chi connectivity index (χ4v) is 3.05. The highest BCUT2D eigenvalue weighted by atomic mass is 35.5. The van der Waals surface area contributed by atoms with Crippen molar-refractivity contribution in [1.29, 1.82) is 0 Å². The van der Waals surface area contributed by atoms with Crippen LogP contribution in [0, 0.1) is 12.8 Å². The lowest BCUT2D eigenvalue weighted by Gasteiger charge is -2.30. The van der Waals surface area contributed by atoms with Gasteiger partial charge in [-0.25, -0.2) is 0 Å². The molecule has 1 amide bonds. The zero-order chi connectivity index (χ0) is 18.7. The molecule has 27 heavy (non-hydrogen) atoms. The molecular formula is C19H28ClN5O2. The molecule has 1 aliphatic rings. The summed E-state index contributed by atoms with van der Waals surface area (Å²) in [5, 5.41) is 10.5. The molecule has 3 rings (SSSR count). The van der Waals surface area contributed by atoms with Crippen LogP contribution in [0.15, 0.2) is 28.8 Å². The summed E-state index contributed by atoms with van der Waals surface area (Å²) in [6, 6.07) is 7.26. The van der Waals surface area contributed by atoms with E-state index in [1.165, 1.54) is 0 Å². The van der Waals surface area contributed by atoms with Crippen LogP contribution in [-0.2, 0) is 0 Å². The summed E-state index contributed by atoms with van der Waals surface area (Å²) in [4.78, 5) is 19.4. The molecule has 2 N–H and O–H groups in total. The fraction of sp³-hybridized carbons (Fsp3) is 0.526. The van der Waals surface area contributed by atoms with Crippen molar-refractivity contribution in [2.75, 3.05) is 26.7 Å². The number of likely N-dealkylation sites (N-methyl/N-ethyl adjacent to an activating group) is 1. The second kappa shape index (κ2) is 9.30. The quantitative estimate of drug-likeness (QED) is 0.812. The number of hydrogen-bond acceptors (Lipinski definition) is 6. The maximum atomic E-state index is 12.6. The molecule has 0 saturated carbocycles. The first-order valence-corrected chi connectivity index (χ1v) is 9.07. The molecule has 7 nitrogen and oxygen atoms in total. The number of nitrogens with one attached hydrogen (secondary N) is 2. The third-order valence-corrected chi connectivity index (χ3v) is 4.80. The Labute approximate surface area is 166 Å². The van der Waals surface area contributed by atoms with E-state index in [4.69, 9.17) is 4.52 Å². The van der Waals surface area contributed by atoms with Crippen molar-refractivity contribution in [2.24, 2.45) is 5.92 Å². The average molecular weight is 394 g/mol. The van der Waals surface area contributed by atoms with Gasteiger partial charge in [-0.1, -0.05) is 36.7 Å². The predicted molar refractivity (Wildman–Crippen MR) is 106 cm³/mol. The summed E-state index contributed by atoms with van der Waals surface area (Å²) in [6.45, 7) is 8.73. The van der Waals surface area contributed by atoms with Gasteiger partial charge in [0.25, 0.3) is 5.91 Å². The third-order valence-electron chi connectivity index (χ3n) is 4.80. The van der Waals surface area contributed by atoms with E-state index >= 15 is 0 Å². The molecule has 1 saturated heterocycles. The number of benzene rings is 1. The number of amides is 1. The average Bonchev–Trinajstić information content (AvgIpc) is 3.09. The molecule has 1 aromatic carbocycles. The molecule has 2 heterocycles. The molecule has 0 bridgehead atoms. The summed E-state index contributed by atoms with van der Waals surface area (Å²) in [6.07, 6.45) is 0. The zero-order valence-corrected chi connectivity index (χ0v) is 17.0. The summed E-state index contributed by atoms with van der Waals surface area (Å²) in [5.74, 6) is 1.10. The van der Waals surface area contributed by atoms with Crippen LogP contribution in [0.25, 0.3) is 0 Å². The van der Waals surface area contributed by atoms with Gasteiger partial charge in [0, 0.05) is 25.2 Å². The molecule has 2 aromatic rings. The maximum Gasteiger partial charge on any atom is 0.251 e. The van der Waals surface area contributed by atoms with Crippen molar-refractivity contribution in [3.05, 3.63) is 47.1 Å². The second-order valence-corrected chi connectivity index (χ2v) is 7.25. The number of rotatable bonds is 5. The second-order valence-electron chi connectivity index (χ2n) is 7.25. The summed E-state index contributed by atoms with van der Waals surface area (Å²) in [5.41, 5.74) is 1.74. The maximum absolute atomic E-state index is 12.6. The standard InChI is InChI=1S/C19H27N5O2.ClH/c1-12(2)16(21-18(25)14-7-5-13(3)6-8-14)19-22-17(23-26-19)15-11-20-9-10-24(15)4;/h5-8,12,15-16,20H,9-11H2,1-4H3,(H,21,25);1H. The number of aryl methyl sites for hydroxylation is 1. The lowest BCUT2D eigenvalue weighted by atomic mass is 10.0. The van der Waals surface area contributed by atoms with Crippen LogP contribution in [0.1, 0.15) is 53.6 Å². The van der Waals surface area contributed by atoms with E-state index < -0.39 is 0 Å². The van der Waals surface area contributed by atoms with E-state index in [0.717, 1.165) is 25.2 Å². The van der Waals surface area contributed by atoms with Crippen molar-refractivity contribution >= 4 is 18.3 Å². The van der Waals surface area contributed by atoms with Crippen molar-refractivity contribution in [3.8, 4) is 0 Å². The van der Waals surface area contributed by atoms with Crippen molar-refractivity contribution in [3.63, 3.8) is 0 Å². The van der Waals surface area contributed by atoms with Gasteiger partial charge in [-0.3, -0.25) is 9.69 Å². The lowest BCUT2D eigenvalue weighted by Crippen LogP contribution is -2.44. The van der Waals surface area contributed by atoms with E-state index in [2.05, 4.69) is 32.7 Å². The van der Waals surface area contributed by atoms with E-state index in [9.17, 15) is 4.79 Å². The monoisotopic (exact) mass is 393 g/mol. The molecule has 0 radical (unpaired) electrons. The van der Waals surface area contributed by atoms with Crippen LogP contribution in [0.4, 0.5) is 0 Å². The van der Waals surface area contributed by atoms with Crippen LogP contribution in [0.3, 0.4) is 0 Å². The van der Waals surface area contributed by atoms with Gasteiger partial charge in [0.2, 0.25) is 5.89 Å². The van der Waals surface area contributed by atoms with Crippen molar-refractivity contribution in [2.45, 2.75) is 32.9 Å². The van der Waals surface area contributed by atoms with Crippen LogP contribution < -0.4 is 10.6 Å². The first kappa shape index (κ1) is 21.3. The Bertz CT molecular complexity index is 747. The van der Waals surface area contributed by atoms with Crippen LogP contribution >= 0.6 is 12.4 Å². The molecule has 0 aliphatic carbocycles. The van der Waals surface area contributed by atoms with Gasteiger partial charge in [0.05, 0.1) is 6.04 Å². The Balaban J connectivity index is 0.00000261. The Kier molecular flexibility index (Phi) is 7.35. The zero-order valence-electron chi connectivity index (χ0n) is 16.2. The Morgan fingerprint density at radius 2 is 2.04 bits per heavy atom. The molecule has 2 unspecified atom stereocenters. The normalized spacial score (nSPS) is 18.8. The van der Waals surface area contributed by atoms with Gasteiger partial charge < -0.3 is 15.2 Å². The number of nitrogens with zero attached hydrogens (tertiary/aromatic N) is 3. The minimum atomic E-state index is -0.327. The topological polar surface area (TPSA) is 83.3 Å². The van der Waals surface area contributed by atoms with Gasteiger partial charge >= 0.3 is 0 Å². The molecule has 1 aromatic heterocycles. The highest BCUT2D eigenvalue weighted by molar-refractivity contribution is 5.94. The molecule has 0 spiro atoms. The summed E-state index contributed by atoms with van der Waals surface area (Å²) < 4.78 is 5.52. The van der Waals surface area contributed by atoms with Crippen molar-refractivity contribution in [1.82, 2.24) is 25.7 Å². The Morgan fingerprint density at radius 3 is 2.67 bits per heavy atom. The van der Waals surface area contributed by atoms with Gasteiger partial charge in [-0.15, -0.1) is 12.4 Å². The largest absolute Gasteiger partial charge is 0.340 e. The molecular weight excluding hydrogens is 366 g/mol. The van der Waals surface area contributed by atoms with Crippen molar-refractivity contribution < 1.29 is 9.32 Å². The first-order valence-electron chi connectivity index (χ1n) is 9.07. The third kappa shape index (κ3) is 5.06. The van der Waals surface area contributed by atoms with Gasteiger partial charge in [-0.05, 0) is 32.0 Å². The van der Waals surface area contributed by atoms with Gasteiger partial charge in [-0.2, -0.15) is 4.98 Å². The molecule has 1 fully saturated rings. The summed E-state index contributed by atoms with van der Waals surface area (Å²) in [7, 11) is 2.06. The fourth-order valence-electron chi connectivity index (χ4n) is 3.05. The number of halogens is 1. The van der Waals surface area contributed by atoms with E-state index in [1.54, 1.807) is 0 Å². The smallest absolute Gasteiger partial charge is 0.251 e. The van der Waals surface area contributed by atoms with Gasteiger partial charge in [0.1, 0.15) is 6.04 Å². The minimum absolute atomic E-state index is 0. The summed E-state index contributed by atoms with van der Waals surface area (Å²) >= 11 is 0. The lowest BCUT2D eigenvalue weighted by molar-refractivity contribution is 0.0914. The molecule has 1 aliphatic heterocycles. The predicted octanol–water partition coefficient (Wildman–Crippen LogP) is 2.50. The van der Waals surface area contributed by atoms with E-state index in [-0.39, 0.29) is 36.3 Å². The Morgan fingerprint density at radius 1 is 1.33 bits per heavy atom. The number of carbonyl (C=O) groups excluding carboxylic acids is 1. The number of piperazine rings is 1. The van der Waals surface area contributed by atoms with Crippen LogP contribution in [0.5, 0.6) is 0 Å².